The topological polar surface area (TPSA) is 85.2 Å². The number of aromatic nitrogens is 2. The van der Waals surface area contributed by atoms with Crippen molar-refractivity contribution in [2.75, 3.05) is 13.1 Å². The van der Waals surface area contributed by atoms with Crippen LogP contribution in [0.3, 0.4) is 0 Å². The zero-order valence-corrected chi connectivity index (χ0v) is 14.8. The van der Waals surface area contributed by atoms with Crippen LogP contribution in [-0.4, -0.2) is 34.0 Å². The van der Waals surface area contributed by atoms with Gasteiger partial charge in [-0.1, -0.05) is 5.16 Å². The van der Waals surface area contributed by atoms with Gasteiger partial charge in [-0.05, 0) is 57.4 Å². The molecule has 2 N–H and O–H groups in total. The van der Waals surface area contributed by atoms with E-state index in [0.717, 1.165) is 24.8 Å². The predicted octanol–water partition coefficient (Wildman–Crippen LogP) is 2.98. The molecule has 1 saturated carbocycles. The van der Waals surface area contributed by atoms with Gasteiger partial charge in [-0.2, -0.15) is 4.98 Å². The molecule has 1 aromatic heterocycles. The Kier molecular flexibility index (Phi) is 5.62. The van der Waals surface area contributed by atoms with Crippen molar-refractivity contribution >= 4 is 18.3 Å². The lowest BCUT2D eigenvalue weighted by atomic mass is 9.77. The van der Waals surface area contributed by atoms with Crippen molar-refractivity contribution in [3.8, 4) is 11.5 Å². The summed E-state index contributed by atoms with van der Waals surface area (Å²) in [7, 11) is 0. The Balaban J connectivity index is 0.00000208. The number of nitrogens with zero attached hydrogens (tertiary/aromatic N) is 3. The van der Waals surface area contributed by atoms with Crippen LogP contribution in [0.1, 0.15) is 49.3 Å². The normalized spacial score (nSPS) is 15.3. The van der Waals surface area contributed by atoms with Crippen molar-refractivity contribution in [1.82, 2.24) is 15.0 Å². The number of hydrogen-bond donors (Lipinski definition) is 1. The molecular formula is C17H23ClN4O2. The Morgan fingerprint density at radius 3 is 2.38 bits per heavy atom. The van der Waals surface area contributed by atoms with Crippen LogP contribution in [0.25, 0.3) is 11.5 Å². The van der Waals surface area contributed by atoms with E-state index in [1.807, 2.05) is 26.0 Å². The summed E-state index contributed by atoms with van der Waals surface area (Å²) in [5.74, 6) is 1.05. The number of amides is 1. The van der Waals surface area contributed by atoms with Gasteiger partial charge in [0.2, 0.25) is 0 Å². The summed E-state index contributed by atoms with van der Waals surface area (Å²) in [5.41, 5.74) is 7.23. The molecule has 0 bridgehead atoms. The Morgan fingerprint density at radius 2 is 1.88 bits per heavy atom. The average Bonchev–Trinajstić information content (AvgIpc) is 3.04. The standard InChI is InChI=1S/C17H22N4O2.ClH/c1-3-21(4-2)15(22)13-8-6-12(7-9-13)14-19-16(20-23-14)17(18)10-5-11-17;/h6-9H,3-5,10-11,18H2,1-2H3;1H. The molecule has 1 aromatic carbocycles. The number of rotatable bonds is 5. The van der Waals surface area contributed by atoms with Gasteiger partial charge < -0.3 is 15.2 Å². The zero-order valence-electron chi connectivity index (χ0n) is 14.0. The number of halogens is 1. The molecule has 24 heavy (non-hydrogen) atoms. The maximum Gasteiger partial charge on any atom is 0.257 e. The van der Waals surface area contributed by atoms with E-state index in [4.69, 9.17) is 10.3 Å². The first-order valence-corrected chi connectivity index (χ1v) is 8.10. The molecule has 0 unspecified atom stereocenters. The molecule has 130 valence electrons. The fraction of sp³-hybridized carbons (Fsp3) is 0.471. The van der Waals surface area contributed by atoms with Crippen molar-refractivity contribution in [3.63, 3.8) is 0 Å². The second kappa shape index (κ2) is 7.32. The molecule has 6 nitrogen and oxygen atoms in total. The fourth-order valence-electron chi connectivity index (χ4n) is 2.77. The molecule has 1 fully saturated rings. The lowest BCUT2D eigenvalue weighted by Crippen LogP contribution is -2.44. The van der Waals surface area contributed by atoms with Crippen LogP contribution in [0.15, 0.2) is 28.8 Å². The van der Waals surface area contributed by atoms with Gasteiger partial charge in [-0.3, -0.25) is 4.79 Å². The smallest absolute Gasteiger partial charge is 0.257 e. The van der Waals surface area contributed by atoms with Crippen LogP contribution in [-0.2, 0) is 5.54 Å². The van der Waals surface area contributed by atoms with Gasteiger partial charge in [0.15, 0.2) is 5.82 Å². The van der Waals surface area contributed by atoms with E-state index >= 15 is 0 Å². The summed E-state index contributed by atoms with van der Waals surface area (Å²) >= 11 is 0. The summed E-state index contributed by atoms with van der Waals surface area (Å²) in [6, 6.07) is 7.25. The number of nitrogens with two attached hydrogens (primary N) is 1. The van der Waals surface area contributed by atoms with E-state index in [1.165, 1.54) is 0 Å². The van der Waals surface area contributed by atoms with Crippen LogP contribution >= 0.6 is 12.4 Å². The predicted molar refractivity (Wildman–Crippen MR) is 93.9 cm³/mol. The van der Waals surface area contributed by atoms with Crippen molar-refractivity contribution in [2.45, 2.75) is 38.6 Å². The number of carbonyl (C=O) groups excluding carboxylic acids is 1. The zero-order chi connectivity index (χ0) is 16.4. The summed E-state index contributed by atoms with van der Waals surface area (Å²) in [5, 5.41) is 4.01. The highest BCUT2D eigenvalue weighted by Gasteiger charge is 2.39. The summed E-state index contributed by atoms with van der Waals surface area (Å²) in [6.45, 7) is 5.34. The first kappa shape index (κ1) is 18.4. The molecule has 1 aliphatic carbocycles. The van der Waals surface area contributed by atoms with Gasteiger partial charge >= 0.3 is 0 Å². The lowest BCUT2D eigenvalue weighted by molar-refractivity contribution is 0.0773. The minimum Gasteiger partial charge on any atom is -0.339 e. The van der Waals surface area contributed by atoms with E-state index in [2.05, 4.69) is 10.1 Å². The maximum absolute atomic E-state index is 12.3. The van der Waals surface area contributed by atoms with E-state index < -0.39 is 5.54 Å². The average molecular weight is 351 g/mol. The molecule has 3 rings (SSSR count). The third kappa shape index (κ3) is 3.30. The van der Waals surface area contributed by atoms with Crippen LogP contribution in [0.2, 0.25) is 0 Å². The maximum atomic E-state index is 12.3. The van der Waals surface area contributed by atoms with Gasteiger partial charge in [0.05, 0.1) is 5.54 Å². The highest BCUT2D eigenvalue weighted by molar-refractivity contribution is 5.94. The third-order valence-electron chi connectivity index (χ3n) is 4.55. The van der Waals surface area contributed by atoms with Crippen LogP contribution in [0.4, 0.5) is 0 Å². The Hall–Kier alpha value is -1.92. The monoisotopic (exact) mass is 350 g/mol. The highest BCUT2D eigenvalue weighted by Crippen LogP contribution is 2.37. The van der Waals surface area contributed by atoms with Crippen LogP contribution < -0.4 is 5.73 Å². The van der Waals surface area contributed by atoms with Crippen molar-refractivity contribution in [1.29, 1.82) is 0 Å². The molecule has 7 heteroatoms. The second-order valence-corrected chi connectivity index (χ2v) is 5.99. The molecule has 0 aliphatic heterocycles. The summed E-state index contributed by atoms with van der Waals surface area (Å²) in [4.78, 5) is 18.5. The van der Waals surface area contributed by atoms with Gasteiger partial charge in [0, 0.05) is 24.2 Å². The quantitative estimate of drug-likeness (QED) is 0.895. The molecule has 1 heterocycles. The molecular weight excluding hydrogens is 328 g/mol. The Morgan fingerprint density at radius 1 is 1.25 bits per heavy atom. The Labute approximate surface area is 147 Å². The first-order chi connectivity index (χ1) is 11.1. The van der Waals surface area contributed by atoms with E-state index in [0.29, 0.717) is 30.4 Å². The van der Waals surface area contributed by atoms with Crippen molar-refractivity contribution in [3.05, 3.63) is 35.7 Å². The molecule has 0 atom stereocenters. The molecule has 0 spiro atoms. The summed E-state index contributed by atoms with van der Waals surface area (Å²) in [6.07, 6.45) is 2.88. The second-order valence-electron chi connectivity index (χ2n) is 5.99. The Bertz CT molecular complexity index is 691. The highest BCUT2D eigenvalue weighted by atomic mass is 35.5. The molecule has 0 radical (unpaired) electrons. The van der Waals surface area contributed by atoms with E-state index in [9.17, 15) is 4.79 Å². The van der Waals surface area contributed by atoms with Crippen LogP contribution in [0.5, 0.6) is 0 Å². The lowest BCUT2D eigenvalue weighted by Gasteiger charge is -2.34. The minimum absolute atomic E-state index is 0. The van der Waals surface area contributed by atoms with Gasteiger partial charge in [-0.15, -0.1) is 12.4 Å². The van der Waals surface area contributed by atoms with E-state index in [1.54, 1.807) is 17.0 Å². The van der Waals surface area contributed by atoms with Crippen molar-refractivity contribution < 1.29 is 9.32 Å². The first-order valence-electron chi connectivity index (χ1n) is 8.10. The molecule has 1 amide bonds. The minimum atomic E-state index is -0.430. The molecule has 0 saturated heterocycles. The molecule has 1 aliphatic rings. The largest absolute Gasteiger partial charge is 0.339 e. The molecule has 2 aromatic rings. The van der Waals surface area contributed by atoms with Crippen LogP contribution in [0, 0.1) is 0 Å². The summed E-state index contributed by atoms with van der Waals surface area (Å²) < 4.78 is 5.33. The van der Waals surface area contributed by atoms with Crippen molar-refractivity contribution in [2.24, 2.45) is 5.73 Å². The fourth-order valence-corrected chi connectivity index (χ4v) is 2.77. The third-order valence-corrected chi connectivity index (χ3v) is 4.55. The number of hydrogen-bond acceptors (Lipinski definition) is 5. The number of carbonyl (C=O) groups is 1. The SMILES string of the molecule is CCN(CC)C(=O)c1ccc(-c2nc(C3(N)CCC3)no2)cc1.Cl. The number of benzene rings is 1. The van der Waals surface area contributed by atoms with E-state index in [-0.39, 0.29) is 18.3 Å². The van der Waals surface area contributed by atoms with Gasteiger partial charge in [0.1, 0.15) is 0 Å². The van der Waals surface area contributed by atoms with Gasteiger partial charge in [-0.25, -0.2) is 0 Å². The van der Waals surface area contributed by atoms with Gasteiger partial charge in [0.25, 0.3) is 11.8 Å².